The van der Waals surface area contributed by atoms with E-state index in [2.05, 4.69) is 57.5 Å². The second kappa shape index (κ2) is 6.50. The summed E-state index contributed by atoms with van der Waals surface area (Å²) < 4.78 is 8.85. The van der Waals surface area contributed by atoms with E-state index in [-0.39, 0.29) is 17.0 Å². The number of rotatable bonds is 1. The number of aryl methyl sites for hydroxylation is 2. The molecule has 5 heterocycles. The first-order valence-corrected chi connectivity index (χ1v) is 11.1. The molecule has 3 aliphatic heterocycles. The number of ether oxygens (including phenoxy) is 1. The lowest BCUT2D eigenvalue weighted by Crippen LogP contribution is -2.48. The average Bonchev–Trinajstić information content (AvgIpc) is 3.47. The highest BCUT2D eigenvalue weighted by Crippen LogP contribution is 2.50. The zero-order valence-electron chi connectivity index (χ0n) is 18.1. The van der Waals surface area contributed by atoms with Crippen LogP contribution in [0.25, 0.3) is 5.69 Å². The van der Waals surface area contributed by atoms with Crippen molar-refractivity contribution in [2.75, 3.05) is 25.0 Å². The Hall–Kier alpha value is -2.99. The fourth-order valence-electron chi connectivity index (χ4n) is 5.82. The highest BCUT2D eigenvalue weighted by Gasteiger charge is 2.54. The normalized spacial score (nSPS) is 23.6. The Bertz CT molecular complexity index is 1170. The predicted molar refractivity (Wildman–Crippen MR) is 120 cm³/mol. The van der Waals surface area contributed by atoms with Gasteiger partial charge in [0, 0.05) is 37.1 Å². The Kier molecular flexibility index (Phi) is 3.93. The van der Waals surface area contributed by atoms with Crippen molar-refractivity contribution >= 4 is 11.6 Å². The number of anilines is 1. The van der Waals surface area contributed by atoms with Crippen molar-refractivity contribution in [3.63, 3.8) is 0 Å². The number of hydrogen-bond acceptors (Lipinski definition) is 3. The Labute approximate surface area is 182 Å². The van der Waals surface area contributed by atoms with Gasteiger partial charge in [0.1, 0.15) is 5.54 Å². The number of aromatic nitrogens is 2. The topological polar surface area (TPSA) is 62.3 Å². The lowest BCUT2D eigenvalue weighted by atomic mass is 9.79. The number of nitrogens with zero attached hydrogens (tertiary/aromatic N) is 2. The molecular formula is C25H28N4O2. The molecule has 1 aromatic carbocycles. The summed E-state index contributed by atoms with van der Waals surface area (Å²) in [5, 5.41) is 3.83. The standard InChI is InChI=1S/C25H28N4O2/c1-17-14-19(18(2)26-17)23(30)28-12-9-24(10-13-28)15-25(16-31-24)22-8-5-11-29(22)21-7-4-3-6-20(21)27-25/h3-8,11,14,26-27H,9-10,12-13,15-16H2,1-2H3/t25-/m1/s1. The summed E-state index contributed by atoms with van der Waals surface area (Å²) in [6, 6.07) is 14.7. The smallest absolute Gasteiger partial charge is 0.255 e. The van der Waals surface area contributed by atoms with Gasteiger partial charge in [0.2, 0.25) is 0 Å². The maximum absolute atomic E-state index is 13.0. The third-order valence-corrected chi connectivity index (χ3v) is 7.37. The number of amides is 1. The molecule has 160 valence electrons. The number of H-pyrrole nitrogens is 1. The summed E-state index contributed by atoms with van der Waals surface area (Å²) in [6.07, 6.45) is 4.80. The van der Waals surface area contributed by atoms with Crippen LogP contribution < -0.4 is 5.32 Å². The van der Waals surface area contributed by atoms with Crippen molar-refractivity contribution in [2.45, 2.75) is 44.2 Å². The van der Waals surface area contributed by atoms with Crippen LogP contribution in [0.1, 0.15) is 46.7 Å². The number of carbonyl (C=O) groups is 1. The first-order valence-electron chi connectivity index (χ1n) is 11.1. The van der Waals surface area contributed by atoms with Crippen LogP contribution in [0.4, 0.5) is 5.69 Å². The molecule has 2 spiro atoms. The van der Waals surface area contributed by atoms with Gasteiger partial charge in [-0.3, -0.25) is 4.79 Å². The third kappa shape index (κ3) is 2.78. The Morgan fingerprint density at radius 2 is 1.90 bits per heavy atom. The van der Waals surface area contributed by atoms with E-state index < -0.39 is 0 Å². The van der Waals surface area contributed by atoms with Gasteiger partial charge < -0.3 is 24.5 Å². The van der Waals surface area contributed by atoms with Crippen LogP contribution in [-0.4, -0.2) is 45.7 Å². The second-order valence-electron chi connectivity index (χ2n) is 9.42. The number of piperidine rings is 1. The van der Waals surface area contributed by atoms with Crippen molar-refractivity contribution in [1.29, 1.82) is 0 Å². The second-order valence-corrected chi connectivity index (χ2v) is 9.42. The first-order chi connectivity index (χ1) is 15.0. The highest BCUT2D eigenvalue weighted by molar-refractivity contribution is 5.95. The highest BCUT2D eigenvalue weighted by atomic mass is 16.5. The molecule has 2 fully saturated rings. The molecule has 3 aliphatic rings. The Morgan fingerprint density at radius 3 is 2.68 bits per heavy atom. The largest absolute Gasteiger partial charge is 0.372 e. The van der Waals surface area contributed by atoms with Crippen LogP contribution in [0.15, 0.2) is 48.7 Å². The molecule has 0 aliphatic carbocycles. The van der Waals surface area contributed by atoms with E-state index in [4.69, 9.17) is 4.74 Å². The number of benzene rings is 1. The van der Waals surface area contributed by atoms with Crippen molar-refractivity contribution in [3.05, 3.63) is 71.3 Å². The fraction of sp³-hybridized carbons (Fsp3) is 0.400. The van der Waals surface area contributed by atoms with Crippen molar-refractivity contribution in [3.8, 4) is 5.69 Å². The van der Waals surface area contributed by atoms with Crippen LogP contribution in [0.5, 0.6) is 0 Å². The Morgan fingerprint density at radius 1 is 1.10 bits per heavy atom. The molecule has 6 rings (SSSR count). The van der Waals surface area contributed by atoms with Crippen LogP contribution in [-0.2, 0) is 10.3 Å². The van der Waals surface area contributed by atoms with Gasteiger partial charge in [-0.1, -0.05) is 12.1 Å². The summed E-state index contributed by atoms with van der Waals surface area (Å²) in [5.41, 5.74) is 5.96. The molecule has 3 aromatic rings. The summed E-state index contributed by atoms with van der Waals surface area (Å²) in [4.78, 5) is 18.3. The van der Waals surface area contributed by atoms with E-state index in [1.807, 2.05) is 24.8 Å². The van der Waals surface area contributed by atoms with E-state index in [9.17, 15) is 4.79 Å². The van der Waals surface area contributed by atoms with Crippen molar-refractivity contribution < 1.29 is 9.53 Å². The summed E-state index contributed by atoms with van der Waals surface area (Å²) >= 11 is 0. The van der Waals surface area contributed by atoms with Gasteiger partial charge in [0.15, 0.2) is 0 Å². The monoisotopic (exact) mass is 416 g/mol. The number of para-hydroxylation sites is 2. The van der Waals surface area contributed by atoms with Crippen LogP contribution >= 0.6 is 0 Å². The number of nitrogens with one attached hydrogen (secondary N) is 2. The van der Waals surface area contributed by atoms with E-state index in [1.54, 1.807) is 0 Å². The maximum atomic E-state index is 13.0. The summed E-state index contributed by atoms with van der Waals surface area (Å²) in [5.74, 6) is 0.128. The Balaban J connectivity index is 1.23. The van der Waals surface area contributed by atoms with E-state index in [1.165, 1.54) is 11.4 Å². The van der Waals surface area contributed by atoms with Crippen LogP contribution in [0, 0.1) is 13.8 Å². The fourth-order valence-corrected chi connectivity index (χ4v) is 5.82. The number of carbonyl (C=O) groups excluding carboxylic acids is 1. The lowest BCUT2D eigenvalue weighted by molar-refractivity contribution is -0.0392. The molecule has 0 bridgehead atoms. The van der Waals surface area contributed by atoms with Gasteiger partial charge in [-0.05, 0) is 57.0 Å². The van der Waals surface area contributed by atoms with Gasteiger partial charge in [0.25, 0.3) is 5.91 Å². The minimum absolute atomic E-state index is 0.128. The minimum Gasteiger partial charge on any atom is -0.372 e. The zero-order valence-corrected chi connectivity index (χ0v) is 18.1. The van der Waals surface area contributed by atoms with Crippen LogP contribution in [0.3, 0.4) is 0 Å². The SMILES string of the molecule is Cc1cc(C(=O)N2CCC3(CC2)C[C@]2(CO3)Nc3ccccc3-n3cccc32)c(C)[nH]1. The number of likely N-dealkylation sites (tertiary alicyclic amines) is 1. The molecule has 0 radical (unpaired) electrons. The molecular weight excluding hydrogens is 388 g/mol. The molecule has 0 saturated carbocycles. The summed E-state index contributed by atoms with van der Waals surface area (Å²) in [6.45, 7) is 6.07. The molecule has 2 saturated heterocycles. The van der Waals surface area contributed by atoms with E-state index in [0.717, 1.165) is 55.0 Å². The molecule has 0 unspecified atom stereocenters. The minimum atomic E-state index is -0.224. The van der Waals surface area contributed by atoms with Crippen LogP contribution in [0.2, 0.25) is 0 Å². The zero-order chi connectivity index (χ0) is 21.2. The maximum Gasteiger partial charge on any atom is 0.255 e. The molecule has 1 amide bonds. The van der Waals surface area contributed by atoms with Crippen molar-refractivity contribution in [1.82, 2.24) is 14.5 Å². The van der Waals surface area contributed by atoms with Gasteiger partial charge in [-0.15, -0.1) is 0 Å². The average molecular weight is 417 g/mol. The molecule has 6 heteroatoms. The molecule has 2 N–H and O–H groups in total. The molecule has 6 nitrogen and oxygen atoms in total. The molecule has 2 aromatic heterocycles. The van der Waals surface area contributed by atoms with Gasteiger partial charge in [0.05, 0.1) is 34.8 Å². The summed E-state index contributed by atoms with van der Waals surface area (Å²) in [7, 11) is 0. The number of fused-ring (bicyclic) bond motifs is 4. The molecule has 1 atom stereocenters. The van der Waals surface area contributed by atoms with E-state index in [0.29, 0.717) is 6.61 Å². The lowest BCUT2D eigenvalue weighted by Gasteiger charge is -2.41. The first kappa shape index (κ1) is 18.8. The number of aromatic amines is 1. The van der Waals surface area contributed by atoms with Gasteiger partial charge >= 0.3 is 0 Å². The van der Waals surface area contributed by atoms with Crippen molar-refractivity contribution in [2.24, 2.45) is 0 Å². The predicted octanol–water partition coefficient (Wildman–Crippen LogP) is 4.14. The quantitative estimate of drug-likeness (QED) is 0.627. The van der Waals surface area contributed by atoms with E-state index >= 15 is 0 Å². The molecule has 31 heavy (non-hydrogen) atoms. The van der Waals surface area contributed by atoms with Gasteiger partial charge in [-0.25, -0.2) is 0 Å². The van der Waals surface area contributed by atoms with Gasteiger partial charge in [-0.2, -0.15) is 0 Å². The number of hydrogen-bond donors (Lipinski definition) is 2. The third-order valence-electron chi connectivity index (χ3n) is 7.37.